The molecule has 348 valence electrons. The molecular formula is C67H63NOS. The van der Waals surface area contributed by atoms with E-state index in [1.807, 2.05) is 0 Å². The third-order valence-electron chi connectivity index (χ3n) is 14.8. The fourth-order valence-corrected chi connectivity index (χ4v) is 12.5. The highest BCUT2D eigenvalue weighted by Gasteiger charge is 2.41. The maximum absolute atomic E-state index is 14.0. The van der Waals surface area contributed by atoms with Crippen LogP contribution in [0.4, 0.5) is 0 Å². The van der Waals surface area contributed by atoms with Gasteiger partial charge < -0.3 is 0 Å². The first-order chi connectivity index (χ1) is 33.6. The molecule has 0 aliphatic carbocycles. The highest BCUT2D eigenvalue weighted by molar-refractivity contribution is 7.99. The van der Waals surface area contributed by atoms with Crippen LogP contribution in [0.2, 0.25) is 0 Å². The van der Waals surface area contributed by atoms with Crippen LogP contribution in [0.3, 0.4) is 0 Å². The van der Waals surface area contributed by atoms with E-state index in [9.17, 15) is 4.91 Å². The maximum atomic E-state index is 14.0. The third kappa shape index (κ3) is 8.66. The maximum Gasteiger partial charge on any atom is 0.116 e. The van der Waals surface area contributed by atoms with Gasteiger partial charge in [-0.1, -0.05) is 109 Å². The summed E-state index contributed by atoms with van der Waals surface area (Å²) in [5, 5.41) is 0. The van der Waals surface area contributed by atoms with Crippen molar-refractivity contribution in [1.82, 2.24) is 0 Å². The van der Waals surface area contributed by atoms with Gasteiger partial charge in [0.25, 0.3) is 0 Å². The Morgan fingerprint density at radius 2 is 0.429 bits per heavy atom. The van der Waals surface area contributed by atoms with E-state index in [1.165, 1.54) is 100 Å². The highest BCUT2D eigenvalue weighted by Crippen LogP contribution is 2.55. The van der Waals surface area contributed by atoms with Crippen molar-refractivity contribution in [3.8, 4) is 66.8 Å². The molecule has 0 aliphatic rings. The van der Waals surface area contributed by atoms with Crippen molar-refractivity contribution in [2.45, 2.75) is 87.8 Å². The summed E-state index contributed by atoms with van der Waals surface area (Å²) in [6, 6.07) is 60.6. The average molecular weight is 930 g/mol. The van der Waals surface area contributed by atoms with Crippen molar-refractivity contribution >= 4 is 11.9 Å². The Hall–Kier alpha value is -7.07. The SMILES string of the molecule is Cc1cccc(C)c1-c1cc(-c2c(C)cccc2C)cc(C(SN=O)(c2cc(-c3c(C)cccc3C)cc(-c3c(C)cccc3C)c2)c2cc(-c3c(C)cccc3C)cc(-c3c(C)cccc3C)c2)c1. The Labute approximate surface area is 421 Å². The standard InChI is InChI=1S/C67H63NOS/c1-40-19-13-20-41(2)61(40)52-31-53(62-42(3)21-14-22-43(62)4)35-58(34-52)67(70-68-69,59-36-54(63-44(5)23-15-24-45(63)6)32-55(37-59)64-46(7)25-16-26-47(64)8)60-38-56(65-48(9)27-17-28-49(65)10)33-57(39-60)66-50(11)29-18-30-51(66)12/h13-39H,1-12H3. The lowest BCUT2D eigenvalue weighted by atomic mass is 9.76. The second-order valence-electron chi connectivity index (χ2n) is 19.8. The van der Waals surface area contributed by atoms with Crippen molar-refractivity contribution in [1.29, 1.82) is 0 Å². The fourth-order valence-electron chi connectivity index (χ4n) is 11.7. The number of hydrogen-bond donors (Lipinski definition) is 0. The first-order valence-electron chi connectivity index (χ1n) is 24.5. The lowest BCUT2D eigenvalue weighted by molar-refractivity contribution is 0.897. The molecule has 3 heteroatoms. The first kappa shape index (κ1) is 48.0. The monoisotopic (exact) mass is 929 g/mol. The smallest absolute Gasteiger partial charge is 0.116 e. The van der Waals surface area contributed by atoms with Crippen molar-refractivity contribution < 1.29 is 0 Å². The summed E-state index contributed by atoms with van der Waals surface area (Å²) in [4.78, 5) is 14.0. The molecule has 0 bridgehead atoms. The van der Waals surface area contributed by atoms with Crippen LogP contribution in [0, 0.1) is 88.0 Å². The van der Waals surface area contributed by atoms with Gasteiger partial charge in [-0.05, 0) is 288 Å². The zero-order valence-corrected chi connectivity index (χ0v) is 43.7. The van der Waals surface area contributed by atoms with E-state index < -0.39 is 4.75 Å². The molecule has 0 amide bonds. The lowest BCUT2D eigenvalue weighted by Gasteiger charge is -2.35. The molecule has 9 aromatic carbocycles. The second-order valence-corrected chi connectivity index (χ2v) is 20.8. The number of nitrogens with zero attached hydrogens (tertiary/aromatic N) is 1. The summed E-state index contributed by atoms with van der Waals surface area (Å²) < 4.78 is 2.84. The zero-order valence-electron chi connectivity index (χ0n) is 42.9. The van der Waals surface area contributed by atoms with Crippen LogP contribution in [0.5, 0.6) is 0 Å². The summed E-state index contributed by atoms with van der Waals surface area (Å²) in [6.07, 6.45) is 0. The Balaban J connectivity index is 1.54. The predicted molar refractivity (Wildman–Crippen MR) is 302 cm³/mol. The molecular weight excluding hydrogens is 867 g/mol. The van der Waals surface area contributed by atoms with Gasteiger partial charge in [-0.25, -0.2) is 0 Å². The quantitative estimate of drug-likeness (QED) is 0.0735. The predicted octanol–water partition coefficient (Wildman–Crippen LogP) is 19.1. The molecule has 0 aliphatic heterocycles. The van der Waals surface area contributed by atoms with Gasteiger partial charge >= 0.3 is 0 Å². The Morgan fingerprint density at radius 1 is 0.271 bits per heavy atom. The van der Waals surface area contributed by atoms with Gasteiger partial charge in [-0.3, -0.25) is 0 Å². The molecule has 0 atom stereocenters. The molecule has 0 N–H and O–H groups in total. The molecule has 0 saturated carbocycles. The topological polar surface area (TPSA) is 29.4 Å². The van der Waals surface area contributed by atoms with Crippen molar-refractivity contribution in [3.63, 3.8) is 0 Å². The van der Waals surface area contributed by atoms with Crippen molar-refractivity contribution in [3.05, 3.63) is 252 Å². The number of rotatable bonds is 11. The first-order valence-corrected chi connectivity index (χ1v) is 25.3. The van der Waals surface area contributed by atoms with E-state index in [0.29, 0.717) is 0 Å². The fraction of sp³-hybridized carbons (Fsp3) is 0.194. The summed E-state index contributed by atoms with van der Waals surface area (Å²) in [6.45, 7) is 26.5. The van der Waals surface area contributed by atoms with E-state index in [1.54, 1.807) is 0 Å². The summed E-state index contributed by atoms with van der Waals surface area (Å²) in [5.41, 5.74) is 31.0. The molecule has 0 aromatic heterocycles. The van der Waals surface area contributed by atoms with Crippen LogP contribution in [-0.4, -0.2) is 0 Å². The summed E-state index contributed by atoms with van der Waals surface area (Å²) in [5.74, 6) is 0. The molecule has 70 heavy (non-hydrogen) atoms. The van der Waals surface area contributed by atoms with Crippen molar-refractivity contribution in [2.24, 2.45) is 4.58 Å². The molecule has 9 rings (SSSR count). The van der Waals surface area contributed by atoms with E-state index in [4.69, 9.17) is 0 Å². The van der Waals surface area contributed by atoms with Crippen LogP contribution < -0.4 is 0 Å². The normalized spacial score (nSPS) is 11.5. The molecule has 0 saturated heterocycles. The molecule has 0 fully saturated rings. The van der Waals surface area contributed by atoms with Gasteiger partial charge in [0.2, 0.25) is 0 Å². The number of hydrogen-bond acceptors (Lipinski definition) is 3. The minimum atomic E-state index is -1.18. The average Bonchev–Trinajstić information content (AvgIpc) is 3.30. The largest absolute Gasteiger partial charge is 0.137 e. The van der Waals surface area contributed by atoms with Gasteiger partial charge in [0.15, 0.2) is 0 Å². The van der Waals surface area contributed by atoms with Gasteiger partial charge in [0.1, 0.15) is 4.75 Å². The zero-order chi connectivity index (χ0) is 49.6. The van der Waals surface area contributed by atoms with Crippen LogP contribution in [-0.2, 0) is 4.75 Å². The highest BCUT2D eigenvalue weighted by atomic mass is 32.2. The second kappa shape index (κ2) is 19.4. The summed E-state index contributed by atoms with van der Waals surface area (Å²) >= 11 is 1.13. The Kier molecular flexibility index (Phi) is 13.3. The third-order valence-corrected chi connectivity index (χ3v) is 15.9. The molecule has 0 heterocycles. The van der Waals surface area contributed by atoms with E-state index >= 15 is 0 Å². The molecule has 2 nitrogen and oxygen atoms in total. The van der Waals surface area contributed by atoms with Gasteiger partial charge in [0, 0.05) is 16.5 Å². The van der Waals surface area contributed by atoms with Gasteiger partial charge in [-0.2, -0.15) is 0 Å². The number of nitroso groups, excluding NO2 is 1. The van der Waals surface area contributed by atoms with Crippen LogP contribution in [0.15, 0.2) is 168 Å². The Morgan fingerprint density at radius 3 is 0.571 bits per heavy atom. The van der Waals surface area contributed by atoms with Gasteiger partial charge in [0.05, 0.1) is 0 Å². The van der Waals surface area contributed by atoms with E-state index in [0.717, 1.165) is 62.0 Å². The van der Waals surface area contributed by atoms with E-state index in [-0.39, 0.29) is 0 Å². The lowest BCUT2D eigenvalue weighted by Crippen LogP contribution is -2.26. The molecule has 9 aromatic rings. The van der Waals surface area contributed by atoms with Crippen LogP contribution in [0.1, 0.15) is 83.5 Å². The Bertz CT molecular complexity index is 2830. The van der Waals surface area contributed by atoms with Crippen LogP contribution >= 0.6 is 11.9 Å². The van der Waals surface area contributed by atoms with Crippen LogP contribution in [0.25, 0.3) is 66.8 Å². The number of benzene rings is 9. The van der Waals surface area contributed by atoms with E-state index in [2.05, 4.69) is 251 Å². The molecule has 0 radical (unpaired) electrons. The summed E-state index contributed by atoms with van der Waals surface area (Å²) in [7, 11) is 0. The molecule has 0 unspecified atom stereocenters. The minimum absolute atomic E-state index is 0.979. The minimum Gasteiger partial charge on any atom is -0.137 e. The van der Waals surface area contributed by atoms with Crippen molar-refractivity contribution in [2.75, 3.05) is 0 Å². The number of aryl methyl sites for hydroxylation is 12. The molecule has 0 spiro atoms. The van der Waals surface area contributed by atoms with Gasteiger partial charge in [-0.15, -0.1) is 4.91 Å².